The maximum absolute atomic E-state index is 10.1. The number of aliphatic hydroxyl groups excluding tert-OH is 1. The quantitative estimate of drug-likeness (QED) is 0.349. The molecule has 0 bridgehead atoms. The van der Waals surface area contributed by atoms with Crippen LogP contribution < -0.4 is 0 Å². The third-order valence-electron chi connectivity index (χ3n) is 0.912. The SMILES string of the molecule is CC(O)=CC=C(C)C(=O)O. The molecule has 0 aliphatic rings. The minimum atomic E-state index is -0.975. The van der Waals surface area contributed by atoms with Gasteiger partial charge in [-0.2, -0.15) is 0 Å². The first-order chi connectivity index (χ1) is 4.54. The van der Waals surface area contributed by atoms with E-state index in [2.05, 4.69) is 0 Å². The van der Waals surface area contributed by atoms with Crippen LogP contribution in [0.4, 0.5) is 0 Å². The van der Waals surface area contributed by atoms with E-state index in [0.717, 1.165) is 0 Å². The Morgan fingerprint density at radius 1 is 1.20 bits per heavy atom. The van der Waals surface area contributed by atoms with E-state index >= 15 is 0 Å². The van der Waals surface area contributed by atoms with E-state index < -0.39 is 5.97 Å². The first kappa shape index (κ1) is 8.75. The van der Waals surface area contributed by atoms with Crippen molar-refractivity contribution in [2.24, 2.45) is 0 Å². The van der Waals surface area contributed by atoms with Crippen molar-refractivity contribution in [1.29, 1.82) is 0 Å². The zero-order valence-electron chi connectivity index (χ0n) is 5.96. The van der Waals surface area contributed by atoms with E-state index in [1.165, 1.54) is 26.0 Å². The van der Waals surface area contributed by atoms with Crippen LogP contribution in [0.3, 0.4) is 0 Å². The van der Waals surface area contributed by atoms with Gasteiger partial charge in [0.15, 0.2) is 0 Å². The van der Waals surface area contributed by atoms with Crippen LogP contribution in [-0.2, 0) is 4.79 Å². The van der Waals surface area contributed by atoms with Crippen LogP contribution in [0.1, 0.15) is 13.8 Å². The first-order valence-electron chi connectivity index (χ1n) is 2.81. The van der Waals surface area contributed by atoms with Crippen LogP contribution in [0.25, 0.3) is 0 Å². The Labute approximate surface area is 59.3 Å². The highest BCUT2D eigenvalue weighted by Crippen LogP contribution is 1.94. The van der Waals surface area contributed by atoms with Gasteiger partial charge in [0, 0.05) is 5.57 Å². The van der Waals surface area contributed by atoms with Crippen molar-refractivity contribution in [2.75, 3.05) is 0 Å². The molecule has 3 heteroatoms. The van der Waals surface area contributed by atoms with Crippen molar-refractivity contribution in [3.63, 3.8) is 0 Å². The Morgan fingerprint density at radius 3 is 2.00 bits per heavy atom. The second-order valence-corrected chi connectivity index (χ2v) is 1.96. The summed E-state index contributed by atoms with van der Waals surface area (Å²) in [5, 5.41) is 16.9. The Hall–Kier alpha value is -1.25. The maximum atomic E-state index is 10.1. The third-order valence-corrected chi connectivity index (χ3v) is 0.912. The summed E-state index contributed by atoms with van der Waals surface area (Å²) in [4.78, 5) is 10.1. The van der Waals surface area contributed by atoms with E-state index in [-0.39, 0.29) is 11.3 Å². The fourth-order valence-electron chi connectivity index (χ4n) is 0.317. The molecule has 0 rings (SSSR count). The van der Waals surface area contributed by atoms with Gasteiger partial charge in [0.25, 0.3) is 0 Å². The van der Waals surface area contributed by atoms with Gasteiger partial charge in [0.05, 0.1) is 5.76 Å². The van der Waals surface area contributed by atoms with Gasteiger partial charge in [0.2, 0.25) is 0 Å². The Bertz CT molecular complexity index is 185. The first-order valence-corrected chi connectivity index (χ1v) is 2.81. The molecule has 10 heavy (non-hydrogen) atoms. The number of carbonyl (C=O) groups is 1. The summed E-state index contributed by atoms with van der Waals surface area (Å²) in [7, 11) is 0. The van der Waals surface area contributed by atoms with Crippen molar-refractivity contribution < 1.29 is 15.0 Å². The van der Waals surface area contributed by atoms with Gasteiger partial charge >= 0.3 is 5.97 Å². The van der Waals surface area contributed by atoms with E-state index in [4.69, 9.17) is 10.2 Å². The van der Waals surface area contributed by atoms with Crippen LogP contribution in [0, 0.1) is 0 Å². The van der Waals surface area contributed by atoms with E-state index in [1.807, 2.05) is 0 Å². The number of aliphatic hydroxyl groups is 1. The number of carboxylic acid groups (broad SMARTS) is 1. The Kier molecular flexibility index (Phi) is 3.25. The highest BCUT2D eigenvalue weighted by atomic mass is 16.4. The molecule has 0 fully saturated rings. The maximum Gasteiger partial charge on any atom is 0.331 e. The standard InChI is InChI=1S/C7H10O3/c1-5(7(9)10)3-4-6(2)8/h3-4,8H,1-2H3,(H,9,10). The second kappa shape index (κ2) is 3.71. The zero-order chi connectivity index (χ0) is 8.15. The smallest absolute Gasteiger partial charge is 0.331 e. The molecule has 0 spiro atoms. The van der Waals surface area contributed by atoms with Crippen LogP contribution in [0.5, 0.6) is 0 Å². The van der Waals surface area contributed by atoms with Gasteiger partial charge in [-0.05, 0) is 26.0 Å². The van der Waals surface area contributed by atoms with Crippen LogP contribution >= 0.6 is 0 Å². The summed E-state index contributed by atoms with van der Waals surface area (Å²) in [5.41, 5.74) is 0.202. The van der Waals surface area contributed by atoms with Crippen LogP contribution in [0.2, 0.25) is 0 Å². The summed E-state index contributed by atoms with van der Waals surface area (Å²) < 4.78 is 0. The average molecular weight is 142 g/mol. The van der Waals surface area contributed by atoms with Gasteiger partial charge in [-0.1, -0.05) is 0 Å². The molecule has 0 amide bonds. The van der Waals surface area contributed by atoms with Gasteiger partial charge < -0.3 is 10.2 Å². The molecule has 2 N–H and O–H groups in total. The third kappa shape index (κ3) is 3.72. The molecule has 0 aromatic carbocycles. The number of rotatable bonds is 2. The predicted molar refractivity (Wildman–Crippen MR) is 37.8 cm³/mol. The fraction of sp³-hybridized carbons (Fsp3) is 0.286. The normalized spacial score (nSPS) is 13.4. The molecule has 0 saturated carbocycles. The highest BCUT2D eigenvalue weighted by molar-refractivity contribution is 5.86. The van der Waals surface area contributed by atoms with E-state index in [0.29, 0.717) is 0 Å². The number of carboxylic acids is 1. The minimum Gasteiger partial charge on any atom is -0.513 e. The Balaban J connectivity index is 4.19. The summed E-state index contributed by atoms with van der Waals surface area (Å²) in [6.45, 7) is 2.94. The monoisotopic (exact) mass is 142 g/mol. The lowest BCUT2D eigenvalue weighted by atomic mass is 10.3. The van der Waals surface area contributed by atoms with Gasteiger partial charge in [-0.25, -0.2) is 4.79 Å². The molecule has 0 unspecified atom stereocenters. The molecule has 0 aliphatic heterocycles. The number of hydrogen-bond donors (Lipinski definition) is 2. The van der Waals surface area contributed by atoms with E-state index in [9.17, 15) is 4.79 Å². The van der Waals surface area contributed by atoms with Crippen LogP contribution in [0.15, 0.2) is 23.5 Å². The van der Waals surface area contributed by atoms with Crippen molar-refractivity contribution >= 4 is 5.97 Å². The zero-order valence-corrected chi connectivity index (χ0v) is 5.96. The summed E-state index contributed by atoms with van der Waals surface area (Å²) in [6.07, 6.45) is 2.68. The van der Waals surface area contributed by atoms with Crippen molar-refractivity contribution in [2.45, 2.75) is 13.8 Å². The molecule has 0 atom stereocenters. The second-order valence-electron chi connectivity index (χ2n) is 1.96. The van der Waals surface area contributed by atoms with Gasteiger partial charge in [-0.15, -0.1) is 0 Å². The van der Waals surface area contributed by atoms with Crippen molar-refractivity contribution in [1.82, 2.24) is 0 Å². The summed E-state index contributed by atoms with van der Waals surface area (Å²) in [5.74, 6) is -0.877. The Morgan fingerprint density at radius 2 is 1.70 bits per heavy atom. The molecule has 0 radical (unpaired) electrons. The van der Waals surface area contributed by atoms with Crippen molar-refractivity contribution in [3.05, 3.63) is 23.5 Å². The number of hydrogen-bond acceptors (Lipinski definition) is 2. The van der Waals surface area contributed by atoms with Crippen LogP contribution in [-0.4, -0.2) is 16.2 Å². The molecule has 0 saturated heterocycles. The topological polar surface area (TPSA) is 57.5 Å². The molecule has 0 aromatic heterocycles. The lowest BCUT2D eigenvalue weighted by molar-refractivity contribution is -0.132. The minimum absolute atomic E-state index is 0.0978. The molecule has 0 aliphatic carbocycles. The number of aliphatic carboxylic acids is 1. The predicted octanol–water partition coefficient (Wildman–Crippen LogP) is 1.48. The fourth-order valence-corrected chi connectivity index (χ4v) is 0.317. The van der Waals surface area contributed by atoms with E-state index in [1.54, 1.807) is 0 Å². The van der Waals surface area contributed by atoms with Gasteiger partial charge in [0.1, 0.15) is 0 Å². The number of allylic oxidation sites excluding steroid dienone is 3. The largest absolute Gasteiger partial charge is 0.513 e. The lowest BCUT2D eigenvalue weighted by Crippen LogP contribution is -1.94. The molecular weight excluding hydrogens is 132 g/mol. The molecule has 0 heterocycles. The molecule has 56 valence electrons. The molecule has 0 aromatic rings. The summed E-state index contributed by atoms with van der Waals surface area (Å²) >= 11 is 0. The lowest BCUT2D eigenvalue weighted by Gasteiger charge is -1.88. The molecule has 3 nitrogen and oxygen atoms in total. The highest BCUT2D eigenvalue weighted by Gasteiger charge is 1.95. The van der Waals surface area contributed by atoms with Gasteiger partial charge in [-0.3, -0.25) is 0 Å². The summed E-state index contributed by atoms with van der Waals surface area (Å²) in [6, 6.07) is 0. The van der Waals surface area contributed by atoms with Crippen molar-refractivity contribution in [3.8, 4) is 0 Å². The molecular formula is C7H10O3. The average Bonchev–Trinajstić information content (AvgIpc) is 1.82.